The van der Waals surface area contributed by atoms with Crippen molar-refractivity contribution >= 4 is 40.6 Å². The van der Waals surface area contributed by atoms with Crippen LogP contribution in [0.4, 0.5) is 11.4 Å². The molecule has 30 heavy (non-hydrogen) atoms. The molecular weight excluding hydrogens is 396 g/mol. The molecule has 0 atom stereocenters. The van der Waals surface area contributed by atoms with E-state index >= 15 is 0 Å². The van der Waals surface area contributed by atoms with Crippen molar-refractivity contribution < 1.29 is 9.59 Å². The molecule has 0 unspecified atom stereocenters. The van der Waals surface area contributed by atoms with Crippen LogP contribution in [-0.4, -0.2) is 67.1 Å². The third-order valence-electron chi connectivity index (χ3n) is 5.38. The highest BCUT2D eigenvalue weighted by molar-refractivity contribution is 8.03. The highest BCUT2D eigenvalue weighted by Gasteiger charge is 2.25. The maximum Gasteiger partial charge on any atom is 0.244 e. The number of carbonyl (C=O) groups is 2. The van der Waals surface area contributed by atoms with Crippen LogP contribution in [0.5, 0.6) is 0 Å². The predicted molar refractivity (Wildman–Crippen MR) is 123 cm³/mol. The van der Waals surface area contributed by atoms with Crippen molar-refractivity contribution in [3.05, 3.63) is 65.6 Å². The summed E-state index contributed by atoms with van der Waals surface area (Å²) in [7, 11) is 2.14. The Kier molecular flexibility index (Phi) is 6.40. The van der Waals surface area contributed by atoms with Crippen LogP contribution in [-0.2, 0) is 9.59 Å². The predicted octanol–water partition coefficient (Wildman–Crippen LogP) is 2.95. The van der Waals surface area contributed by atoms with E-state index in [2.05, 4.69) is 22.2 Å². The summed E-state index contributed by atoms with van der Waals surface area (Å²) in [5.74, 6) is 0.0925. The second kappa shape index (κ2) is 9.36. The minimum Gasteiger partial charge on any atom is -0.369 e. The highest BCUT2D eigenvalue weighted by Crippen LogP contribution is 2.28. The molecular formula is C23H26N4O2S. The van der Waals surface area contributed by atoms with Gasteiger partial charge in [-0.25, -0.2) is 0 Å². The molecule has 1 N–H and O–H groups in total. The molecule has 2 aliphatic rings. The molecule has 0 radical (unpaired) electrons. The van der Waals surface area contributed by atoms with E-state index in [-0.39, 0.29) is 18.4 Å². The molecule has 0 spiro atoms. The van der Waals surface area contributed by atoms with E-state index in [0.29, 0.717) is 5.75 Å². The molecule has 1 fully saturated rings. The molecule has 7 heteroatoms. The normalized spacial score (nSPS) is 17.6. The lowest BCUT2D eigenvalue weighted by molar-refractivity contribution is -0.129. The maximum absolute atomic E-state index is 12.7. The van der Waals surface area contributed by atoms with Gasteiger partial charge in [-0.3, -0.25) is 9.59 Å². The van der Waals surface area contributed by atoms with Crippen molar-refractivity contribution in [3.63, 3.8) is 0 Å². The van der Waals surface area contributed by atoms with Crippen molar-refractivity contribution in [2.45, 2.75) is 0 Å². The van der Waals surface area contributed by atoms with Crippen LogP contribution < -0.4 is 10.2 Å². The monoisotopic (exact) mass is 422 g/mol. The van der Waals surface area contributed by atoms with Gasteiger partial charge in [0.25, 0.3) is 0 Å². The SMILES string of the molecule is CN1CCN(c2ccc(NC(=O)CN3C(=O)CSC=C3c3ccccc3)cc2)CC1. The average molecular weight is 423 g/mol. The molecule has 2 aromatic rings. The first-order valence-electron chi connectivity index (χ1n) is 10.1. The molecule has 2 heterocycles. The van der Waals surface area contributed by atoms with Gasteiger partial charge in [0.15, 0.2) is 0 Å². The molecule has 156 valence electrons. The second-order valence-corrected chi connectivity index (χ2v) is 8.40. The van der Waals surface area contributed by atoms with Crippen molar-refractivity contribution in [2.75, 3.05) is 55.7 Å². The van der Waals surface area contributed by atoms with E-state index in [9.17, 15) is 9.59 Å². The molecule has 0 aliphatic carbocycles. The van der Waals surface area contributed by atoms with Crippen LogP contribution in [0.2, 0.25) is 0 Å². The van der Waals surface area contributed by atoms with Crippen molar-refractivity contribution in [2.24, 2.45) is 0 Å². The highest BCUT2D eigenvalue weighted by atomic mass is 32.2. The van der Waals surface area contributed by atoms with Gasteiger partial charge in [-0.2, -0.15) is 0 Å². The first-order valence-corrected chi connectivity index (χ1v) is 11.2. The molecule has 2 aliphatic heterocycles. The topological polar surface area (TPSA) is 55.9 Å². The van der Waals surface area contributed by atoms with Gasteiger partial charge in [0.05, 0.1) is 11.4 Å². The Hall–Kier alpha value is -2.77. The lowest BCUT2D eigenvalue weighted by Crippen LogP contribution is -2.44. The summed E-state index contributed by atoms with van der Waals surface area (Å²) in [6, 6.07) is 17.6. The van der Waals surface area contributed by atoms with Crippen LogP contribution in [0.1, 0.15) is 5.56 Å². The molecule has 2 aromatic carbocycles. The number of likely N-dealkylation sites (N-methyl/N-ethyl adjacent to an activating group) is 1. The minimum absolute atomic E-state index is 0.000329. The number of nitrogens with one attached hydrogen (secondary N) is 1. The zero-order valence-corrected chi connectivity index (χ0v) is 17.9. The molecule has 6 nitrogen and oxygen atoms in total. The van der Waals surface area contributed by atoms with Crippen molar-refractivity contribution in [1.82, 2.24) is 9.80 Å². The largest absolute Gasteiger partial charge is 0.369 e. The average Bonchev–Trinajstić information content (AvgIpc) is 2.77. The van der Waals surface area contributed by atoms with Gasteiger partial charge in [-0.05, 0) is 42.3 Å². The number of anilines is 2. The third-order valence-corrected chi connectivity index (χ3v) is 6.19. The van der Waals surface area contributed by atoms with E-state index in [1.807, 2.05) is 60.0 Å². The van der Waals surface area contributed by atoms with Gasteiger partial charge in [-0.15, -0.1) is 11.8 Å². The summed E-state index contributed by atoms with van der Waals surface area (Å²) in [4.78, 5) is 31.4. The number of amides is 2. The number of thioether (sulfide) groups is 1. The number of rotatable bonds is 5. The van der Waals surface area contributed by atoms with Gasteiger partial charge >= 0.3 is 0 Å². The number of hydrogen-bond acceptors (Lipinski definition) is 5. The maximum atomic E-state index is 12.7. The van der Waals surface area contributed by atoms with Crippen LogP contribution >= 0.6 is 11.8 Å². The molecule has 2 amide bonds. The molecule has 4 rings (SSSR count). The van der Waals surface area contributed by atoms with Crippen LogP contribution in [0.25, 0.3) is 5.70 Å². The Bertz CT molecular complexity index is 922. The van der Waals surface area contributed by atoms with E-state index in [4.69, 9.17) is 0 Å². The van der Waals surface area contributed by atoms with E-state index in [1.54, 1.807) is 4.90 Å². The number of hydrogen-bond donors (Lipinski definition) is 1. The Morgan fingerprint density at radius 2 is 1.70 bits per heavy atom. The fourth-order valence-corrected chi connectivity index (χ4v) is 4.44. The standard InChI is InChI=1S/C23H26N4O2S/c1-25-11-13-26(14-12-25)20-9-7-19(8-10-20)24-22(28)15-27-21(16-30-17-23(27)29)18-5-3-2-4-6-18/h2-10,16H,11-15,17H2,1H3,(H,24,28). The number of piperazine rings is 1. The van der Waals surface area contributed by atoms with E-state index in [1.165, 1.54) is 17.4 Å². The summed E-state index contributed by atoms with van der Waals surface area (Å²) >= 11 is 1.46. The molecule has 0 saturated carbocycles. The first kappa shape index (κ1) is 20.5. The van der Waals surface area contributed by atoms with Gasteiger partial charge < -0.3 is 20.0 Å². The Labute approximate surface area is 181 Å². The Balaban J connectivity index is 1.39. The van der Waals surface area contributed by atoms with Crippen LogP contribution in [0.15, 0.2) is 60.0 Å². The van der Waals surface area contributed by atoms with E-state index in [0.717, 1.165) is 43.1 Å². The third kappa shape index (κ3) is 4.86. The van der Waals surface area contributed by atoms with Gasteiger partial charge in [0.1, 0.15) is 6.54 Å². The number of benzene rings is 2. The smallest absolute Gasteiger partial charge is 0.244 e. The zero-order valence-electron chi connectivity index (χ0n) is 17.1. The lowest BCUT2D eigenvalue weighted by Gasteiger charge is -2.34. The fourth-order valence-electron chi connectivity index (χ4n) is 3.64. The summed E-state index contributed by atoms with van der Waals surface area (Å²) in [5, 5.41) is 4.88. The lowest BCUT2D eigenvalue weighted by atomic mass is 10.1. The van der Waals surface area contributed by atoms with Crippen LogP contribution in [0, 0.1) is 0 Å². The van der Waals surface area contributed by atoms with Crippen LogP contribution in [0.3, 0.4) is 0 Å². The molecule has 1 saturated heterocycles. The number of nitrogens with zero attached hydrogens (tertiary/aromatic N) is 3. The first-order chi connectivity index (χ1) is 14.6. The Morgan fingerprint density at radius 3 is 2.40 bits per heavy atom. The zero-order chi connectivity index (χ0) is 20.9. The summed E-state index contributed by atoms with van der Waals surface area (Å²) < 4.78 is 0. The van der Waals surface area contributed by atoms with Gasteiger partial charge in [0, 0.05) is 37.6 Å². The summed E-state index contributed by atoms with van der Waals surface area (Å²) in [6.45, 7) is 4.12. The quantitative estimate of drug-likeness (QED) is 0.803. The number of carbonyl (C=O) groups excluding carboxylic acids is 2. The second-order valence-electron chi connectivity index (χ2n) is 7.55. The minimum atomic E-state index is -0.204. The van der Waals surface area contributed by atoms with Gasteiger partial charge in [-0.1, -0.05) is 30.3 Å². The van der Waals surface area contributed by atoms with Crippen molar-refractivity contribution in [1.29, 1.82) is 0 Å². The van der Waals surface area contributed by atoms with Gasteiger partial charge in [0.2, 0.25) is 11.8 Å². The summed E-state index contributed by atoms with van der Waals surface area (Å²) in [5.41, 5.74) is 3.61. The molecule has 0 aromatic heterocycles. The Morgan fingerprint density at radius 1 is 1.00 bits per heavy atom. The van der Waals surface area contributed by atoms with Crippen molar-refractivity contribution in [3.8, 4) is 0 Å². The van der Waals surface area contributed by atoms with E-state index < -0.39 is 0 Å². The fraction of sp³-hybridized carbons (Fsp3) is 0.304. The summed E-state index contributed by atoms with van der Waals surface area (Å²) in [6.07, 6.45) is 0. The molecule has 0 bridgehead atoms.